The van der Waals surface area contributed by atoms with E-state index in [9.17, 15) is 0 Å². The Bertz CT molecular complexity index is 286. The van der Waals surface area contributed by atoms with Gasteiger partial charge in [0.2, 0.25) is 0 Å². The zero-order valence-electron chi connectivity index (χ0n) is 10.6. The van der Waals surface area contributed by atoms with Crippen molar-refractivity contribution >= 4 is 0 Å². The van der Waals surface area contributed by atoms with Crippen LogP contribution in [0.1, 0.15) is 25.7 Å². The second-order valence-electron chi connectivity index (χ2n) is 4.83. The molecule has 0 N–H and O–H groups in total. The highest BCUT2D eigenvalue weighted by Crippen LogP contribution is 2.15. The third-order valence-electron chi connectivity index (χ3n) is 3.14. The summed E-state index contributed by atoms with van der Waals surface area (Å²) in [4.78, 5) is 2.20. The van der Waals surface area contributed by atoms with Gasteiger partial charge in [-0.1, -0.05) is 0 Å². The van der Waals surface area contributed by atoms with E-state index in [1.807, 2.05) is 7.05 Å². The molecule has 2 atom stereocenters. The SMILES string of the molecule is CN(C[C@@H](C#N)CCC#N)C[C@H]1CCCOC1. The number of hydrogen-bond acceptors (Lipinski definition) is 4. The maximum absolute atomic E-state index is 9.00. The van der Waals surface area contributed by atoms with Gasteiger partial charge in [0.05, 0.1) is 24.7 Å². The highest BCUT2D eigenvalue weighted by molar-refractivity contribution is 4.87. The molecule has 1 rings (SSSR count). The van der Waals surface area contributed by atoms with Crippen LogP contribution in [0.15, 0.2) is 0 Å². The van der Waals surface area contributed by atoms with Crippen LogP contribution in [0, 0.1) is 34.5 Å². The van der Waals surface area contributed by atoms with Crippen molar-refractivity contribution in [3.05, 3.63) is 0 Å². The van der Waals surface area contributed by atoms with Crippen molar-refractivity contribution in [1.29, 1.82) is 10.5 Å². The number of nitrogens with zero attached hydrogens (tertiary/aromatic N) is 3. The lowest BCUT2D eigenvalue weighted by molar-refractivity contribution is 0.0409. The normalized spacial score (nSPS) is 21.8. The lowest BCUT2D eigenvalue weighted by atomic mass is 10.0. The van der Waals surface area contributed by atoms with Gasteiger partial charge >= 0.3 is 0 Å². The van der Waals surface area contributed by atoms with Crippen molar-refractivity contribution in [1.82, 2.24) is 4.90 Å². The molecule has 1 aliphatic rings. The van der Waals surface area contributed by atoms with Crippen molar-refractivity contribution in [3.8, 4) is 12.1 Å². The summed E-state index contributed by atoms with van der Waals surface area (Å²) in [6.45, 7) is 3.49. The van der Waals surface area contributed by atoms with Gasteiger partial charge in [-0.15, -0.1) is 0 Å². The predicted molar refractivity (Wildman–Crippen MR) is 65.0 cm³/mol. The molecule has 94 valence electrons. The van der Waals surface area contributed by atoms with E-state index in [4.69, 9.17) is 15.3 Å². The van der Waals surface area contributed by atoms with Crippen LogP contribution in [0.3, 0.4) is 0 Å². The summed E-state index contributed by atoms with van der Waals surface area (Å²) in [7, 11) is 2.05. The summed E-state index contributed by atoms with van der Waals surface area (Å²) in [5.41, 5.74) is 0. The zero-order valence-corrected chi connectivity index (χ0v) is 10.6. The minimum atomic E-state index is -0.0239. The maximum atomic E-state index is 9.00. The molecule has 0 saturated carbocycles. The van der Waals surface area contributed by atoms with Crippen molar-refractivity contribution < 1.29 is 4.74 Å². The van der Waals surface area contributed by atoms with Gasteiger partial charge in [-0.25, -0.2) is 0 Å². The van der Waals surface area contributed by atoms with E-state index in [0.29, 0.717) is 18.8 Å². The molecule has 17 heavy (non-hydrogen) atoms. The summed E-state index contributed by atoms with van der Waals surface area (Å²) < 4.78 is 5.44. The summed E-state index contributed by atoms with van der Waals surface area (Å²) >= 11 is 0. The van der Waals surface area contributed by atoms with E-state index in [1.54, 1.807) is 0 Å². The Kier molecular flexibility index (Phi) is 6.62. The van der Waals surface area contributed by atoms with Gasteiger partial charge in [0.15, 0.2) is 0 Å². The molecule has 0 unspecified atom stereocenters. The van der Waals surface area contributed by atoms with E-state index < -0.39 is 0 Å². The van der Waals surface area contributed by atoms with Gasteiger partial charge in [0.25, 0.3) is 0 Å². The first-order chi connectivity index (χ1) is 8.26. The van der Waals surface area contributed by atoms with Crippen LogP contribution in [0.5, 0.6) is 0 Å². The smallest absolute Gasteiger partial charge is 0.0669 e. The summed E-state index contributed by atoms with van der Waals surface area (Å²) in [5.74, 6) is 0.577. The van der Waals surface area contributed by atoms with Gasteiger partial charge in [0.1, 0.15) is 0 Å². The summed E-state index contributed by atoms with van der Waals surface area (Å²) in [6, 6.07) is 4.38. The first kappa shape index (κ1) is 14.0. The Morgan fingerprint density at radius 2 is 2.29 bits per heavy atom. The first-order valence-corrected chi connectivity index (χ1v) is 6.29. The van der Waals surface area contributed by atoms with Gasteiger partial charge < -0.3 is 9.64 Å². The predicted octanol–water partition coefficient (Wildman–Crippen LogP) is 1.79. The molecule has 0 aliphatic carbocycles. The monoisotopic (exact) mass is 235 g/mol. The Labute approximate surface area is 104 Å². The molecule has 1 aliphatic heterocycles. The topological polar surface area (TPSA) is 60.0 Å². The van der Waals surface area contributed by atoms with E-state index in [0.717, 1.165) is 32.7 Å². The number of hydrogen-bond donors (Lipinski definition) is 0. The Morgan fingerprint density at radius 3 is 2.88 bits per heavy atom. The Hall–Kier alpha value is -1.10. The molecule has 4 nitrogen and oxygen atoms in total. The van der Waals surface area contributed by atoms with Crippen LogP contribution in [-0.2, 0) is 4.74 Å². The molecule has 0 radical (unpaired) electrons. The quantitative estimate of drug-likeness (QED) is 0.704. The summed E-state index contributed by atoms with van der Waals surface area (Å²) in [6.07, 6.45) is 3.52. The maximum Gasteiger partial charge on any atom is 0.0669 e. The van der Waals surface area contributed by atoms with Crippen molar-refractivity contribution in [2.75, 3.05) is 33.4 Å². The minimum Gasteiger partial charge on any atom is -0.381 e. The van der Waals surface area contributed by atoms with Gasteiger partial charge in [-0.2, -0.15) is 10.5 Å². The van der Waals surface area contributed by atoms with E-state index in [1.165, 1.54) is 6.42 Å². The van der Waals surface area contributed by atoms with Crippen LogP contribution in [0.2, 0.25) is 0 Å². The fraction of sp³-hybridized carbons (Fsp3) is 0.846. The molecular formula is C13H21N3O. The number of nitriles is 2. The van der Waals surface area contributed by atoms with Crippen LogP contribution in [0.4, 0.5) is 0 Å². The molecule has 1 saturated heterocycles. The van der Waals surface area contributed by atoms with Crippen LogP contribution < -0.4 is 0 Å². The third kappa shape index (κ3) is 5.68. The van der Waals surface area contributed by atoms with Gasteiger partial charge in [0, 0.05) is 26.1 Å². The lowest BCUT2D eigenvalue weighted by Gasteiger charge is -2.27. The molecule has 0 aromatic rings. The van der Waals surface area contributed by atoms with Crippen molar-refractivity contribution in [2.45, 2.75) is 25.7 Å². The lowest BCUT2D eigenvalue weighted by Crippen LogP contribution is -2.33. The molecule has 0 aromatic carbocycles. The third-order valence-corrected chi connectivity index (χ3v) is 3.14. The highest BCUT2D eigenvalue weighted by atomic mass is 16.5. The molecule has 0 aromatic heterocycles. The molecule has 0 amide bonds. The average molecular weight is 235 g/mol. The van der Waals surface area contributed by atoms with Crippen LogP contribution >= 0.6 is 0 Å². The minimum absolute atomic E-state index is 0.0239. The fourth-order valence-corrected chi connectivity index (χ4v) is 2.28. The molecule has 4 heteroatoms. The highest BCUT2D eigenvalue weighted by Gasteiger charge is 2.18. The average Bonchev–Trinajstić information content (AvgIpc) is 2.35. The van der Waals surface area contributed by atoms with E-state index >= 15 is 0 Å². The van der Waals surface area contributed by atoms with E-state index in [-0.39, 0.29) is 5.92 Å². The second kappa shape index (κ2) is 8.06. The largest absolute Gasteiger partial charge is 0.381 e. The molecule has 0 bridgehead atoms. The number of rotatable bonds is 6. The molecule has 1 fully saturated rings. The number of ether oxygens (including phenoxy) is 1. The van der Waals surface area contributed by atoms with E-state index in [2.05, 4.69) is 17.0 Å². The Morgan fingerprint density at radius 1 is 1.47 bits per heavy atom. The Balaban J connectivity index is 2.24. The second-order valence-corrected chi connectivity index (χ2v) is 4.83. The van der Waals surface area contributed by atoms with Crippen LogP contribution in [-0.4, -0.2) is 38.3 Å². The standard InChI is InChI=1S/C13H21N3O/c1-16(9-12(8-15)4-2-6-14)10-13-5-3-7-17-11-13/h12-13H,2-5,7,9-11H2,1H3/t12-,13-/m1/s1. The van der Waals surface area contributed by atoms with Gasteiger partial charge in [-0.3, -0.25) is 0 Å². The fourth-order valence-electron chi connectivity index (χ4n) is 2.28. The zero-order chi connectivity index (χ0) is 12.5. The van der Waals surface area contributed by atoms with Crippen molar-refractivity contribution in [3.63, 3.8) is 0 Å². The molecule has 0 spiro atoms. The first-order valence-electron chi connectivity index (χ1n) is 6.29. The van der Waals surface area contributed by atoms with Crippen LogP contribution in [0.25, 0.3) is 0 Å². The summed E-state index contributed by atoms with van der Waals surface area (Å²) in [5, 5.41) is 17.5. The molecular weight excluding hydrogens is 214 g/mol. The van der Waals surface area contributed by atoms with Gasteiger partial charge in [-0.05, 0) is 32.2 Å². The van der Waals surface area contributed by atoms with Crippen molar-refractivity contribution in [2.24, 2.45) is 11.8 Å². The molecule has 1 heterocycles.